The molecule has 1 N–H and O–H groups in total. The summed E-state index contributed by atoms with van der Waals surface area (Å²) < 4.78 is 24.0. The van der Waals surface area contributed by atoms with Crippen molar-refractivity contribution in [3.05, 3.63) is 55.0 Å². The van der Waals surface area contributed by atoms with E-state index in [1.54, 1.807) is 12.4 Å². The van der Waals surface area contributed by atoms with E-state index >= 15 is 0 Å². The van der Waals surface area contributed by atoms with Gasteiger partial charge >= 0.3 is 0 Å². The van der Waals surface area contributed by atoms with Crippen LogP contribution in [-0.4, -0.2) is 51.2 Å². The molecule has 2 atom stereocenters. The molecule has 1 aliphatic heterocycles. The normalized spacial score (nSPS) is 17.0. The third kappa shape index (κ3) is 4.29. The van der Waals surface area contributed by atoms with Gasteiger partial charge in [0.15, 0.2) is 0 Å². The number of H-pyrrole nitrogens is 1. The van der Waals surface area contributed by atoms with Crippen molar-refractivity contribution < 1.29 is 8.42 Å². The maximum atomic E-state index is 11.1. The minimum atomic E-state index is -2.52. The number of nitriles is 1. The van der Waals surface area contributed by atoms with Gasteiger partial charge in [-0.3, -0.25) is 9.67 Å². The molecule has 1 aliphatic rings. The van der Waals surface area contributed by atoms with E-state index < -0.39 is 10.7 Å². The second-order valence-corrected chi connectivity index (χ2v) is 9.07. The van der Waals surface area contributed by atoms with Crippen molar-refractivity contribution in [1.29, 1.82) is 5.26 Å². The van der Waals surface area contributed by atoms with E-state index in [0.717, 1.165) is 47.5 Å². The molecule has 0 spiro atoms. The molecule has 11 heteroatoms. The van der Waals surface area contributed by atoms with E-state index in [0.29, 0.717) is 12.1 Å². The highest BCUT2D eigenvalue weighted by molar-refractivity contribution is 7.71. The maximum absolute atomic E-state index is 11.1. The monoisotopic (exact) mass is 462 g/mol. The summed E-state index contributed by atoms with van der Waals surface area (Å²) in [5.74, 6) is 0.160. The third-order valence-corrected chi connectivity index (χ3v) is 6.68. The quantitative estimate of drug-likeness (QED) is 0.400. The summed E-state index contributed by atoms with van der Waals surface area (Å²) in [6.07, 6.45) is 10.00. The van der Waals surface area contributed by atoms with Gasteiger partial charge in [0, 0.05) is 54.2 Å². The fourth-order valence-corrected chi connectivity index (χ4v) is 4.97. The zero-order valence-corrected chi connectivity index (χ0v) is 18.6. The van der Waals surface area contributed by atoms with Crippen molar-refractivity contribution >= 4 is 27.4 Å². The van der Waals surface area contributed by atoms with Gasteiger partial charge in [-0.05, 0) is 24.6 Å². The van der Waals surface area contributed by atoms with Crippen LogP contribution in [0.2, 0.25) is 0 Å². The number of rotatable bonds is 7. The Morgan fingerprint density at radius 2 is 2.18 bits per heavy atom. The predicted molar refractivity (Wildman–Crippen MR) is 123 cm³/mol. The minimum Gasteiger partial charge on any atom is -0.371 e. The molecule has 0 radical (unpaired) electrons. The van der Waals surface area contributed by atoms with Gasteiger partial charge in [-0.25, -0.2) is 18.4 Å². The molecule has 1 fully saturated rings. The Morgan fingerprint density at radius 1 is 1.27 bits per heavy atom. The average molecular weight is 463 g/mol. The topological polar surface area (TPSA) is 133 Å². The number of aromatic amines is 1. The van der Waals surface area contributed by atoms with Crippen LogP contribution in [0.3, 0.4) is 0 Å². The lowest BCUT2D eigenvalue weighted by Crippen LogP contribution is -2.25. The molecule has 0 saturated carbocycles. The summed E-state index contributed by atoms with van der Waals surface area (Å²) >= 11 is 0. The van der Waals surface area contributed by atoms with Crippen LogP contribution in [0.15, 0.2) is 49.3 Å². The second kappa shape index (κ2) is 8.99. The molecule has 5 rings (SSSR count). The van der Waals surface area contributed by atoms with Gasteiger partial charge in [0.05, 0.1) is 41.9 Å². The Kier molecular flexibility index (Phi) is 5.75. The van der Waals surface area contributed by atoms with Gasteiger partial charge in [-0.15, -0.1) is 0 Å². The van der Waals surface area contributed by atoms with Crippen molar-refractivity contribution in [2.24, 2.45) is 5.92 Å². The molecule has 0 amide bonds. The Morgan fingerprint density at radius 3 is 3.03 bits per heavy atom. The summed E-state index contributed by atoms with van der Waals surface area (Å²) in [6.45, 7) is 1.58. The Bertz CT molecular complexity index is 1390. The fraction of sp³-hybridized carbons (Fsp3) is 0.318. The van der Waals surface area contributed by atoms with Crippen LogP contribution in [0.25, 0.3) is 22.3 Å². The van der Waals surface area contributed by atoms with Gasteiger partial charge in [-0.1, -0.05) is 0 Å². The molecular formula is C22H22N8O2S. The Balaban J connectivity index is 1.37. The van der Waals surface area contributed by atoms with Crippen LogP contribution in [0.1, 0.15) is 24.6 Å². The third-order valence-electron chi connectivity index (χ3n) is 6.09. The van der Waals surface area contributed by atoms with Gasteiger partial charge in [0.1, 0.15) is 22.7 Å². The molecule has 4 aromatic heterocycles. The van der Waals surface area contributed by atoms with E-state index in [-0.39, 0.29) is 17.7 Å². The highest BCUT2D eigenvalue weighted by Crippen LogP contribution is 2.34. The Hall–Kier alpha value is -3.78. The van der Waals surface area contributed by atoms with E-state index in [1.165, 1.54) is 6.33 Å². The number of anilines is 1. The van der Waals surface area contributed by atoms with Crippen LogP contribution in [0.5, 0.6) is 0 Å². The maximum Gasteiger partial charge on any atom is 0.145 e. The first kappa shape index (κ1) is 21.1. The van der Waals surface area contributed by atoms with Crippen LogP contribution < -0.4 is 4.90 Å². The van der Waals surface area contributed by atoms with E-state index in [2.05, 4.69) is 36.0 Å². The number of hydrogen-bond acceptors (Lipinski definition) is 8. The highest BCUT2D eigenvalue weighted by Gasteiger charge is 2.31. The lowest BCUT2D eigenvalue weighted by Gasteiger charge is -2.23. The van der Waals surface area contributed by atoms with Gasteiger partial charge in [0.2, 0.25) is 0 Å². The van der Waals surface area contributed by atoms with Gasteiger partial charge < -0.3 is 9.88 Å². The van der Waals surface area contributed by atoms with Crippen molar-refractivity contribution in [3.8, 4) is 17.3 Å². The first-order valence-corrected chi connectivity index (χ1v) is 12.0. The molecule has 0 bridgehead atoms. The molecule has 2 unspecified atom stereocenters. The van der Waals surface area contributed by atoms with Crippen LogP contribution in [0, 0.1) is 17.2 Å². The number of nitrogens with zero attached hydrogens (tertiary/aromatic N) is 7. The first-order valence-electron chi connectivity index (χ1n) is 10.6. The lowest BCUT2D eigenvalue weighted by atomic mass is 9.96. The molecule has 33 heavy (non-hydrogen) atoms. The van der Waals surface area contributed by atoms with Crippen LogP contribution in [0.4, 0.5) is 5.69 Å². The molecule has 4 aromatic rings. The smallest absolute Gasteiger partial charge is 0.145 e. The van der Waals surface area contributed by atoms with Crippen molar-refractivity contribution in [1.82, 2.24) is 29.7 Å². The number of pyridine rings is 1. The zero-order valence-electron chi connectivity index (χ0n) is 17.7. The summed E-state index contributed by atoms with van der Waals surface area (Å²) in [6, 6.07) is 7.91. The van der Waals surface area contributed by atoms with Crippen LogP contribution >= 0.6 is 0 Å². The standard InChI is InChI=1S/C22H22N8O2S/c23-5-1-20(15-4-8-29(11-15)18-2-6-24-17(9-18)13-33(31)32)30-12-16(10-28-30)21-19-3-7-25-22(19)27-14-26-21/h2-3,6-7,9-10,12,14-15,20,33H,1,4,8,11,13H2,(H,25,26,27). The summed E-state index contributed by atoms with van der Waals surface area (Å²) in [5.41, 5.74) is 3.94. The number of thiol groups is 1. The second-order valence-electron chi connectivity index (χ2n) is 8.09. The molecule has 10 nitrogen and oxygen atoms in total. The largest absolute Gasteiger partial charge is 0.371 e. The van der Waals surface area contributed by atoms with Crippen molar-refractivity contribution in [2.75, 3.05) is 18.0 Å². The zero-order chi connectivity index (χ0) is 22.8. The van der Waals surface area contributed by atoms with Gasteiger partial charge in [0.25, 0.3) is 0 Å². The number of fused-ring (bicyclic) bond motifs is 1. The van der Waals surface area contributed by atoms with E-state index in [1.807, 2.05) is 35.3 Å². The number of hydrogen-bond donors (Lipinski definition) is 2. The number of aromatic nitrogens is 6. The summed E-state index contributed by atoms with van der Waals surface area (Å²) in [7, 11) is -2.52. The minimum absolute atomic E-state index is 0.0645. The van der Waals surface area contributed by atoms with E-state index in [9.17, 15) is 13.7 Å². The summed E-state index contributed by atoms with van der Waals surface area (Å²) in [4.78, 5) is 18.1. The molecule has 168 valence electrons. The average Bonchev–Trinajstić information content (AvgIpc) is 3.58. The molecule has 0 aliphatic carbocycles. The number of nitrogens with one attached hydrogen (secondary N) is 1. The van der Waals surface area contributed by atoms with Crippen LogP contribution in [-0.2, 0) is 16.5 Å². The molecule has 0 aromatic carbocycles. The fourth-order valence-electron chi connectivity index (χ4n) is 4.53. The van der Waals surface area contributed by atoms with E-state index in [4.69, 9.17) is 0 Å². The van der Waals surface area contributed by atoms with Gasteiger partial charge in [-0.2, -0.15) is 10.4 Å². The SMILES string of the molecule is N#CCC(C1CCN(c2ccnc(C[SH](=O)=O)c2)C1)n1cc(-c2ncnc3[nH]ccc23)cn1. The predicted octanol–water partition coefficient (Wildman–Crippen LogP) is 2.31. The molecule has 5 heterocycles. The highest BCUT2D eigenvalue weighted by atomic mass is 32.2. The first-order chi connectivity index (χ1) is 16.1. The molecule has 1 saturated heterocycles. The van der Waals surface area contributed by atoms with Crippen molar-refractivity contribution in [3.63, 3.8) is 0 Å². The lowest BCUT2D eigenvalue weighted by molar-refractivity contribution is 0.332. The Labute approximate surface area is 191 Å². The molecular weight excluding hydrogens is 440 g/mol. The van der Waals surface area contributed by atoms with Crippen molar-refractivity contribution in [2.45, 2.75) is 24.6 Å². The summed E-state index contributed by atoms with van der Waals surface area (Å²) in [5, 5.41) is 15.0.